The van der Waals surface area contributed by atoms with E-state index in [0.717, 1.165) is 36.4 Å². The third-order valence-electron chi connectivity index (χ3n) is 3.58. The number of furan rings is 1. The Balaban J connectivity index is 1.76. The summed E-state index contributed by atoms with van der Waals surface area (Å²) < 4.78 is 5.21. The number of likely N-dealkylation sites (N-methyl/N-ethyl adjacent to an activating group) is 1. The largest absolute Gasteiger partial charge is 0.467 e. The van der Waals surface area contributed by atoms with Crippen LogP contribution in [0.3, 0.4) is 0 Å². The molecule has 2 aromatic rings. The second-order valence-corrected chi connectivity index (χ2v) is 5.07. The van der Waals surface area contributed by atoms with Gasteiger partial charge in [-0.1, -0.05) is 0 Å². The van der Waals surface area contributed by atoms with E-state index < -0.39 is 0 Å². The molecule has 0 unspecified atom stereocenters. The van der Waals surface area contributed by atoms with Gasteiger partial charge in [0.25, 0.3) is 5.91 Å². The summed E-state index contributed by atoms with van der Waals surface area (Å²) in [6, 6.07) is 3.65. The molecule has 0 aromatic carbocycles. The lowest BCUT2D eigenvalue weighted by Crippen LogP contribution is -2.30. The summed E-state index contributed by atoms with van der Waals surface area (Å²) in [4.78, 5) is 18.7. The first-order valence-corrected chi connectivity index (χ1v) is 6.69. The van der Waals surface area contributed by atoms with Crippen molar-refractivity contribution in [1.29, 1.82) is 0 Å². The van der Waals surface area contributed by atoms with Crippen molar-refractivity contribution in [3.05, 3.63) is 53.2 Å². The topological polar surface area (TPSA) is 58.4 Å². The van der Waals surface area contributed by atoms with Gasteiger partial charge in [-0.05, 0) is 36.7 Å². The van der Waals surface area contributed by atoms with Gasteiger partial charge >= 0.3 is 0 Å². The molecule has 0 saturated heterocycles. The minimum Gasteiger partial charge on any atom is -0.467 e. The lowest BCUT2D eigenvalue weighted by atomic mass is 9.97. The van der Waals surface area contributed by atoms with Crippen LogP contribution < -0.4 is 5.32 Å². The second kappa shape index (κ2) is 5.46. The third-order valence-corrected chi connectivity index (χ3v) is 3.58. The molecule has 5 nitrogen and oxygen atoms in total. The number of amides is 1. The van der Waals surface area contributed by atoms with E-state index in [0.29, 0.717) is 12.1 Å². The highest BCUT2D eigenvalue weighted by Gasteiger charge is 2.20. The Morgan fingerprint density at radius 1 is 1.50 bits per heavy atom. The highest BCUT2D eigenvalue weighted by molar-refractivity contribution is 5.95. The summed E-state index contributed by atoms with van der Waals surface area (Å²) >= 11 is 0. The van der Waals surface area contributed by atoms with Gasteiger partial charge in [0, 0.05) is 25.5 Å². The van der Waals surface area contributed by atoms with Crippen molar-refractivity contribution in [3.63, 3.8) is 0 Å². The number of carbonyl (C=O) groups excluding carboxylic acids is 1. The Hall–Kier alpha value is -2.14. The van der Waals surface area contributed by atoms with Crippen LogP contribution >= 0.6 is 0 Å². The number of carbonyl (C=O) groups is 1. The zero-order chi connectivity index (χ0) is 13.9. The molecule has 0 radical (unpaired) electrons. The van der Waals surface area contributed by atoms with E-state index in [1.807, 2.05) is 18.3 Å². The van der Waals surface area contributed by atoms with Gasteiger partial charge < -0.3 is 14.6 Å². The van der Waals surface area contributed by atoms with Gasteiger partial charge in [0.15, 0.2) is 0 Å². The molecule has 1 aliphatic heterocycles. The zero-order valence-electron chi connectivity index (χ0n) is 11.4. The molecule has 3 heterocycles. The quantitative estimate of drug-likeness (QED) is 0.921. The highest BCUT2D eigenvalue weighted by atomic mass is 16.3. The maximum Gasteiger partial charge on any atom is 0.253 e. The lowest BCUT2D eigenvalue weighted by molar-refractivity contribution is 0.0946. The molecular weight excluding hydrogens is 254 g/mol. The maximum absolute atomic E-state index is 12.3. The van der Waals surface area contributed by atoms with E-state index in [1.165, 1.54) is 0 Å². The number of pyridine rings is 1. The van der Waals surface area contributed by atoms with Crippen LogP contribution in [0.5, 0.6) is 0 Å². The number of nitrogens with one attached hydrogen (secondary N) is 1. The van der Waals surface area contributed by atoms with Gasteiger partial charge in [0.1, 0.15) is 5.76 Å². The molecule has 0 bridgehead atoms. The molecule has 0 fully saturated rings. The van der Waals surface area contributed by atoms with Crippen LogP contribution in [-0.4, -0.2) is 29.4 Å². The monoisotopic (exact) mass is 271 g/mol. The second-order valence-electron chi connectivity index (χ2n) is 5.07. The SMILES string of the molecule is CN1CCc2c(cncc2C(=O)NCc2ccco2)C1. The Labute approximate surface area is 117 Å². The minimum atomic E-state index is -0.0877. The molecule has 1 N–H and O–H groups in total. The normalized spacial score (nSPS) is 14.8. The first kappa shape index (κ1) is 12.9. The molecule has 104 valence electrons. The maximum atomic E-state index is 12.3. The zero-order valence-corrected chi connectivity index (χ0v) is 11.4. The number of rotatable bonds is 3. The number of aromatic nitrogens is 1. The molecule has 0 saturated carbocycles. The van der Waals surface area contributed by atoms with Crippen molar-refractivity contribution in [1.82, 2.24) is 15.2 Å². The fraction of sp³-hybridized carbons (Fsp3) is 0.333. The smallest absolute Gasteiger partial charge is 0.253 e. The summed E-state index contributed by atoms with van der Waals surface area (Å²) in [5.74, 6) is 0.658. The van der Waals surface area contributed by atoms with E-state index >= 15 is 0 Å². The Kier molecular flexibility index (Phi) is 3.52. The number of hydrogen-bond donors (Lipinski definition) is 1. The van der Waals surface area contributed by atoms with Crippen LogP contribution in [0.4, 0.5) is 0 Å². The first-order chi connectivity index (χ1) is 9.74. The summed E-state index contributed by atoms with van der Waals surface area (Å²) in [5, 5.41) is 2.88. The third kappa shape index (κ3) is 2.58. The standard InChI is InChI=1S/C15H17N3O2/c1-18-5-4-13-11(10-18)7-16-9-14(13)15(19)17-8-12-3-2-6-20-12/h2-3,6-7,9H,4-5,8,10H2,1H3,(H,17,19). The Morgan fingerprint density at radius 2 is 2.40 bits per heavy atom. The van der Waals surface area contributed by atoms with Gasteiger partial charge in [-0.3, -0.25) is 9.78 Å². The van der Waals surface area contributed by atoms with Crippen LogP contribution in [0.2, 0.25) is 0 Å². The van der Waals surface area contributed by atoms with Crippen LogP contribution in [0.1, 0.15) is 27.2 Å². The summed E-state index contributed by atoms with van der Waals surface area (Å²) in [7, 11) is 2.08. The Bertz CT molecular complexity index is 608. The molecule has 0 aliphatic carbocycles. The molecular formula is C15H17N3O2. The van der Waals surface area contributed by atoms with E-state index in [2.05, 4.69) is 22.2 Å². The van der Waals surface area contributed by atoms with Gasteiger partial charge in [-0.15, -0.1) is 0 Å². The van der Waals surface area contributed by atoms with E-state index in [4.69, 9.17) is 4.42 Å². The summed E-state index contributed by atoms with van der Waals surface area (Å²) in [6.45, 7) is 2.21. The van der Waals surface area contributed by atoms with Gasteiger partial charge in [0.2, 0.25) is 0 Å². The van der Waals surface area contributed by atoms with Crippen LogP contribution in [0.15, 0.2) is 35.2 Å². The van der Waals surface area contributed by atoms with Crippen molar-refractivity contribution < 1.29 is 9.21 Å². The van der Waals surface area contributed by atoms with Crippen LogP contribution in [0, 0.1) is 0 Å². The lowest BCUT2D eigenvalue weighted by Gasteiger charge is -2.25. The van der Waals surface area contributed by atoms with Crippen molar-refractivity contribution in [2.45, 2.75) is 19.5 Å². The van der Waals surface area contributed by atoms with Crippen LogP contribution in [-0.2, 0) is 19.5 Å². The predicted molar refractivity (Wildman–Crippen MR) is 74.2 cm³/mol. The molecule has 5 heteroatoms. The summed E-state index contributed by atoms with van der Waals surface area (Å²) in [6.07, 6.45) is 6.00. The molecule has 0 spiro atoms. The minimum absolute atomic E-state index is 0.0877. The summed E-state index contributed by atoms with van der Waals surface area (Å²) in [5.41, 5.74) is 2.95. The van der Waals surface area contributed by atoms with Gasteiger partial charge in [-0.25, -0.2) is 0 Å². The average Bonchev–Trinajstić information content (AvgIpc) is 2.97. The molecule has 20 heavy (non-hydrogen) atoms. The van der Waals surface area contributed by atoms with Gasteiger partial charge in [0.05, 0.1) is 18.4 Å². The highest BCUT2D eigenvalue weighted by Crippen LogP contribution is 2.20. The fourth-order valence-corrected chi connectivity index (χ4v) is 2.51. The van der Waals surface area contributed by atoms with E-state index in [9.17, 15) is 4.79 Å². The van der Waals surface area contributed by atoms with Gasteiger partial charge in [-0.2, -0.15) is 0 Å². The number of hydrogen-bond acceptors (Lipinski definition) is 4. The van der Waals surface area contributed by atoms with Crippen LogP contribution in [0.25, 0.3) is 0 Å². The van der Waals surface area contributed by atoms with Crippen molar-refractivity contribution in [2.24, 2.45) is 0 Å². The van der Waals surface area contributed by atoms with E-state index in [1.54, 1.807) is 12.5 Å². The van der Waals surface area contributed by atoms with E-state index in [-0.39, 0.29) is 5.91 Å². The van der Waals surface area contributed by atoms with Crippen molar-refractivity contribution in [2.75, 3.05) is 13.6 Å². The number of nitrogens with zero attached hydrogens (tertiary/aromatic N) is 2. The average molecular weight is 271 g/mol. The first-order valence-electron chi connectivity index (χ1n) is 6.69. The molecule has 2 aromatic heterocycles. The number of fused-ring (bicyclic) bond motifs is 1. The molecule has 0 atom stereocenters. The Morgan fingerprint density at radius 3 is 3.20 bits per heavy atom. The molecule has 3 rings (SSSR count). The molecule has 1 amide bonds. The molecule has 1 aliphatic rings. The van der Waals surface area contributed by atoms with Crippen molar-refractivity contribution in [3.8, 4) is 0 Å². The van der Waals surface area contributed by atoms with Crippen molar-refractivity contribution >= 4 is 5.91 Å². The predicted octanol–water partition coefficient (Wildman–Crippen LogP) is 1.59. The fourth-order valence-electron chi connectivity index (χ4n) is 2.51.